The maximum Gasteiger partial charge on any atom is 0.254 e. The number of benzene rings is 1. The van der Waals surface area contributed by atoms with E-state index in [9.17, 15) is 13.6 Å². The van der Waals surface area contributed by atoms with Gasteiger partial charge in [-0.1, -0.05) is 11.6 Å². The summed E-state index contributed by atoms with van der Waals surface area (Å²) in [4.78, 5) is 10.9. The van der Waals surface area contributed by atoms with E-state index in [1.807, 2.05) is 0 Å². The minimum absolute atomic E-state index is 0.0587. The lowest BCUT2D eigenvalue weighted by Gasteiger charge is -2.11. The second-order valence-corrected chi connectivity index (χ2v) is 3.31. The molecule has 2 N–H and O–H groups in total. The minimum atomic E-state index is -1.37. The lowest BCUT2D eigenvalue weighted by molar-refractivity contribution is 0.0992. The normalized spacial score (nSPS) is 9.82. The third kappa shape index (κ3) is 2.15. The zero-order valence-corrected chi connectivity index (χ0v) is 9.44. The largest absolute Gasteiger partial charge is 0.491 e. The number of nitriles is 1. The molecule has 1 rings (SSSR count). The second-order valence-electron chi connectivity index (χ2n) is 2.93. The molecule has 17 heavy (non-hydrogen) atoms. The van der Waals surface area contributed by atoms with E-state index in [0.717, 1.165) is 0 Å². The molecule has 90 valence electrons. The molecule has 0 unspecified atom stereocenters. The Bertz CT molecular complexity index is 526. The van der Waals surface area contributed by atoms with Crippen molar-refractivity contribution >= 4 is 17.5 Å². The van der Waals surface area contributed by atoms with Gasteiger partial charge in [0.25, 0.3) is 5.91 Å². The molecule has 0 aliphatic rings. The monoisotopic (exact) mass is 260 g/mol. The van der Waals surface area contributed by atoms with Gasteiger partial charge >= 0.3 is 0 Å². The van der Waals surface area contributed by atoms with Crippen LogP contribution in [0.25, 0.3) is 0 Å². The summed E-state index contributed by atoms with van der Waals surface area (Å²) in [5.41, 5.74) is 3.11. The molecule has 0 saturated carbocycles. The standard InChI is InChI=1S/C10H7ClF2N2O2/c1-2-17-9-4(3-14)7(12)5(10(15)16)8(13)6(9)11/h2H2,1H3,(H2,15,16). The van der Waals surface area contributed by atoms with Crippen molar-refractivity contribution in [1.82, 2.24) is 0 Å². The number of carbonyl (C=O) groups is 1. The number of nitrogens with two attached hydrogens (primary N) is 1. The number of hydrogen-bond donors (Lipinski definition) is 1. The number of amides is 1. The number of rotatable bonds is 3. The summed E-state index contributed by atoms with van der Waals surface area (Å²) in [6.45, 7) is 1.61. The van der Waals surface area contributed by atoms with Crippen molar-refractivity contribution in [3.63, 3.8) is 0 Å². The third-order valence-corrected chi connectivity index (χ3v) is 2.26. The molecule has 0 spiro atoms. The lowest BCUT2D eigenvalue weighted by Crippen LogP contribution is -2.17. The molecule has 0 fully saturated rings. The van der Waals surface area contributed by atoms with Crippen LogP contribution in [0.1, 0.15) is 22.8 Å². The van der Waals surface area contributed by atoms with E-state index in [1.165, 1.54) is 6.07 Å². The Balaban J connectivity index is 3.69. The van der Waals surface area contributed by atoms with Crippen molar-refractivity contribution in [2.45, 2.75) is 6.92 Å². The van der Waals surface area contributed by atoms with E-state index in [-0.39, 0.29) is 6.61 Å². The van der Waals surface area contributed by atoms with Gasteiger partial charge in [0.1, 0.15) is 22.2 Å². The molecule has 0 saturated heterocycles. The first-order valence-corrected chi connectivity index (χ1v) is 4.86. The Morgan fingerprint density at radius 1 is 1.53 bits per heavy atom. The van der Waals surface area contributed by atoms with Crippen molar-refractivity contribution in [2.24, 2.45) is 5.73 Å². The second kappa shape index (κ2) is 4.97. The molecular weight excluding hydrogens is 254 g/mol. The summed E-state index contributed by atoms with van der Waals surface area (Å²) in [7, 11) is 0. The van der Waals surface area contributed by atoms with Gasteiger partial charge in [0, 0.05) is 0 Å². The summed E-state index contributed by atoms with van der Waals surface area (Å²) in [5.74, 6) is -4.48. The molecule has 1 aromatic carbocycles. The molecule has 0 aromatic heterocycles. The number of hydrogen-bond acceptors (Lipinski definition) is 3. The predicted molar refractivity (Wildman–Crippen MR) is 55.8 cm³/mol. The maximum absolute atomic E-state index is 13.6. The van der Waals surface area contributed by atoms with Crippen LogP contribution in [0.4, 0.5) is 8.78 Å². The van der Waals surface area contributed by atoms with E-state index in [1.54, 1.807) is 6.92 Å². The summed E-state index contributed by atoms with van der Waals surface area (Å²) < 4.78 is 32.1. The van der Waals surface area contributed by atoms with Gasteiger partial charge in [0.15, 0.2) is 17.4 Å². The van der Waals surface area contributed by atoms with E-state index < -0.39 is 39.4 Å². The highest BCUT2D eigenvalue weighted by Crippen LogP contribution is 2.35. The van der Waals surface area contributed by atoms with Crippen LogP contribution in [-0.2, 0) is 0 Å². The van der Waals surface area contributed by atoms with Gasteiger partial charge < -0.3 is 10.5 Å². The fraction of sp³-hybridized carbons (Fsp3) is 0.200. The van der Waals surface area contributed by atoms with E-state index >= 15 is 0 Å². The van der Waals surface area contributed by atoms with E-state index in [2.05, 4.69) is 0 Å². The topological polar surface area (TPSA) is 76.1 Å². The smallest absolute Gasteiger partial charge is 0.254 e. The van der Waals surface area contributed by atoms with Crippen LogP contribution in [0.3, 0.4) is 0 Å². The molecule has 1 aromatic rings. The van der Waals surface area contributed by atoms with Gasteiger partial charge in [-0.3, -0.25) is 4.79 Å². The van der Waals surface area contributed by atoms with Crippen LogP contribution < -0.4 is 10.5 Å². The maximum atomic E-state index is 13.6. The fourth-order valence-corrected chi connectivity index (χ4v) is 1.48. The van der Waals surface area contributed by atoms with Gasteiger partial charge in [-0.05, 0) is 6.92 Å². The Labute approximate surface area is 101 Å². The van der Waals surface area contributed by atoms with Gasteiger partial charge in [-0.2, -0.15) is 5.26 Å². The molecule has 0 radical (unpaired) electrons. The fourth-order valence-electron chi connectivity index (χ4n) is 1.24. The van der Waals surface area contributed by atoms with Crippen LogP contribution in [0, 0.1) is 23.0 Å². The average Bonchev–Trinajstić information content (AvgIpc) is 2.26. The summed E-state index contributed by atoms with van der Waals surface area (Å²) >= 11 is 5.55. The van der Waals surface area contributed by atoms with Crippen LogP contribution in [0.2, 0.25) is 5.02 Å². The highest BCUT2D eigenvalue weighted by molar-refractivity contribution is 6.32. The number of ether oxygens (including phenoxy) is 1. The van der Waals surface area contributed by atoms with E-state index in [0.29, 0.717) is 0 Å². The highest BCUT2D eigenvalue weighted by Gasteiger charge is 2.27. The molecule has 0 heterocycles. The predicted octanol–water partition coefficient (Wildman–Crippen LogP) is 1.99. The Morgan fingerprint density at radius 3 is 2.53 bits per heavy atom. The molecule has 0 bridgehead atoms. The first kappa shape index (κ1) is 13.2. The van der Waals surface area contributed by atoms with Crippen molar-refractivity contribution in [3.8, 4) is 11.8 Å². The lowest BCUT2D eigenvalue weighted by atomic mass is 10.1. The summed E-state index contributed by atoms with van der Waals surface area (Å²) in [5, 5.41) is 8.10. The molecule has 7 heteroatoms. The van der Waals surface area contributed by atoms with Gasteiger partial charge in [-0.15, -0.1) is 0 Å². The van der Waals surface area contributed by atoms with Crippen LogP contribution in [0.5, 0.6) is 5.75 Å². The van der Waals surface area contributed by atoms with E-state index in [4.69, 9.17) is 27.3 Å². The van der Waals surface area contributed by atoms with Gasteiger partial charge in [-0.25, -0.2) is 8.78 Å². The third-order valence-electron chi connectivity index (χ3n) is 1.92. The number of nitrogens with zero attached hydrogens (tertiary/aromatic N) is 1. The van der Waals surface area contributed by atoms with Crippen molar-refractivity contribution < 1.29 is 18.3 Å². The Morgan fingerprint density at radius 2 is 2.12 bits per heavy atom. The molecule has 0 aliphatic carbocycles. The number of halogens is 3. The highest BCUT2D eigenvalue weighted by atomic mass is 35.5. The van der Waals surface area contributed by atoms with Crippen LogP contribution in [0.15, 0.2) is 0 Å². The SMILES string of the molecule is CCOc1c(Cl)c(F)c(C(N)=O)c(F)c1C#N. The zero-order valence-electron chi connectivity index (χ0n) is 8.68. The Hall–Kier alpha value is -1.87. The van der Waals surface area contributed by atoms with Gasteiger partial charge in [0.05, 0.1) is 6.61 Å². The quantitative estimate of drug-likeness (QED) is 0.845. The molecular formula is C10H7ClF2N2O2. The van der Waals surface area contributed by atoms with Crippen molar-refractivity contribution in [1.29, 1.82) is 5.26 Å². The number of carbonyl (C=O) groups excluding carboxylic acids is 1. The Kier molecular flexibility index (Phi) is 3.86. The van der Waals surface area contributed by atoms with Crippen molar-refractivity contribution in [3.05, 3.63) is 27.8 Å². The average molecular weight is 261 g/mol. The minimum Gasteiger partial charge on any atom is -0.491 e. The molecule has 0 aliphatic heterocycles. The van der Waals surface area contributed by atoms with Crippen LogP contribution >= 0.6 is 11.6 Å². The van der Waals surface area contributed by atoms with Crippen molar-refractivity contribution in [2.75, 3.05) is 6.61 Å². The van der Waals surface area contributed by atoms with Gasteiger partial charge in [0.2, 0.25) is 0 Å². The van der Waals surface area contributed by atoms with Crippen LogP contribution in [-0.4, -0.2) is 12.5 Å². The molecule has 1 amide bonds. The first-order valence-electron chi connectivity index (χ1n) is 4.48. The summed E-state index contributed by atoms with van der Waals surface area (Å²) in [6.07, 6.45) is 0. The molecule has 0 atom stereocenters. The molecule has 4 nitrogen and oxygen atoms in total. The summed E-state index contributed by atoms with van der Waals surface area (Å²) in [6, 6.07) is 1.45. The first-order chi connectivity index (χ1) is 7.95. The zero-order chi connectivity index (χ0) is 13.2. The number of primary amides is 1.